The molecule has 0 spiro atoms. The predicted octanol–water partition coefficient (Wildman–Crippen LogP) is 3.25. The van der Waals surface area contributed by atoms with Gasteiger partial charge in [-0.2, -0.15) is 0 Å². The summed E-state index contributed by atoms with van der Waals surface area (Å²) in [7, 11) is 5.25. The molecule has 28 heavy (non-hydrogen) atoms. The van der Waals surface area contributed by atoms with Gasteiger partial charge in [-0.1, -0.05) is 13.3 Å². The minimum atomic E-state index is 0. The lowest BCUT2D eigenvalue weighted by molar-refractivity contribution is 0.321. The van der Waals surface area contributed by atoms with E-state index in [1.165, 1.54) is 24.8 Å². The van der Waals surface area contributed by atoms with E-state index < -0.39 is 0 Å². The molecule has 1 aliphatic carbocycles. The van der Waals surface area contributed by atoms with Gasteiger partial charge in [0.05, 0.1) is 14.2 Å². The number of hydrogen-bond donors (Lipinski definition) is 2. The molecular formula is C21H35IN4O2. The number of ether oxygens (including phenoxy) is 2. The molecule has 0 radical (unpaired) electrons. The fourth-order valence-corrected chi connectivity index (χ4v) is 3.96. The van der Waals surface area contributed by atoms with E-state index in [1.807, 2.05) is 13.1 Å². The summed E-state index contributed by atoms with van der Waals surface area (Å²) in [5.41, 5.74) is 1.22. The Hall–Kier alpha value is -1.22. The van der Waals surface area contributed by atoms with Crippen molar-refractivity contribution in [3.05, 3.63) is 23.8 Å². The summed E-state index contributed by atoms with van der Waals surface area (Å²) in [4.78, 5) is 6.89. The lowest BCUT2D eigenvalue weighted by Crippen LogP contribution is -2.45. The van der Waals surface area contributed by atoms with Gasteiger partial charge < -0.3 is 20.1 Å². The van der Waals surface area contributed by atoms with E-state index in [1.54, 1.807) is 14.2 Å². The fraction of sp³-hybridized carbons (Fsp3) is 0.667. The van der Waals surface area contributed by atoms with E-state index in [9.17, 15) is 0 Å². The van der Waals surface area contributed by atoms with Gasteiger partial charge in [0.25, 0.3) is 0 Å². The van der Waals surface area contributed by atoms with Crippen LogP contribution in [0.15, 0.2) is 23.2 Å². The second-order valence-electron chi connectivity index (χ2n) is 7.69. The van der Waals surface area contributed by atoms with Crippen LogP contribution in [0.1, 0.15) is 38.2 Å². The smallest absolute Gasteiger partial charge is 0.191 e. The first-order valence-electron chi connectivity index (χ1n) is 10.1. The van der Waals surface area contributed by atoms with Crippen molar-refractivity contribution in [1.29, 1.82) is 0 Å². The molecule has 3 atom stereocenters. The molecule has 1 aromatic carbocycles. The molecule has 6 nitrogen and oxygen atoms in total. The minimum Gasteiger partial charge on any atom is -0.497 e. The van der Waals surface area contributed by atoms with E-state index >= 15 is 0 Å². The second-order valence-corrected chi connectivity index (χ2v) is 7.69. The van der Waals surface area contributed by atoms with E-state index in [0.29, 0.717) is 12.1 Å². The van der Waals surface area contributed by atoms with Crippen LogP contribution in [0.4, 0.5) is 0 Å². The van der Waals surface area contributed by atoms with Crippen molar-refractivity contribution in [2.24, 2.45) is 10.9 Å². The highest BCUT2D eigenvalue weighted by atomic mass is 127. The normalized spacial score (nSPS) is 24.4. The maximum atomic E-state index is 5.38. The van der Waals surface area contributed by atoms with E-state index in [4.69, 9.17) is 9.47 Å². The maximum Gasteiger partial charge on any atom is 0.191 e. The molecule has 1 heterocycles. The fourth-order valence-electron chi connectivity index (χ4n) is 3.96. The number of rotatable bonds is 8. The summed E-state index contributed by atoms with van der Waals surface area (Å²) in [6, 6.07) is 7.14. The van der Waals surface area contributed by atoms with Gasteiger partial charge in [-0.15, -0.1) is 24.0 Å². The van der Waals surface area contributed by atoms with E-state index in [-0.39, 0.29) is 24.0 Å². The highest BCUT2D eigenvalue weighted by Gasteiger charge is 2.37. The molecule has 0 amide bonds. The summed E-state index contributed by atoms with van der Waals surface area (Å²) in [5.74, 6) is 3.47. The van der Waals surface area contributed by atoms with E-state index in [0.717, 1.165) is 49.4 Å². The summed E-state index contributed by atoms with van der Waals surface area (Å²) in [6.45, 7) is 5.26. The number of likely N-dealkylation sites (tertiary alicyclic amines) is 1. The van der Waals surface area contributed by atoms with Crippen molar-refractivity contribution in [2.75, 3.05) is 34.4 Å². The average molecular weight is 502 g/mol. The van der Waals surface area contributed by atoms with Crippen LogP contribution in [0.3, 0.4) is 0 Å². The highest BCUT2D eigenvalue weighted by molar-refractivity contribution is 14.0. The highest BCUT2D eigenvalue weighted by Crippen LogP contribution is 2.34. The third-order valence-corrected chi connectivity index (χ3v) is 5.56. The quantitative estimate of drug-likeness (QED) is 0.325. The van der Waals surface area contributed by atoms with Crippen LogP contribution in [0.25, 0.3) is 0 Å². The standard InChI is InChI=1S/C21H34N4O2.HI/c1-5-6-16-11-20(16)24-21(22-2)23-17-7-8-25(14-17)13-15-9-18(26-3)12-19(10-15)27-4;/h9-10,12,16-17,20H,5-8,11,13-14H2,1-4H3,(H2,22,23,24);1H. The Labute approximate surface area is 186 Å². The van der Waals surface area contributed by atoms with E-state index in [2.05, 4.69) is 39.6 Å². The molecule has 1 saturated carbocycles. The first kappa shape index (κ1) is 23.1. The van der Waals surface area contributed by atoms with Gasteiger partial charge in [0.2, 0.25) is 0 Å². The number of nitrogens with one attached hydrogen (secondary N) is 2. The first-order chi connectivity index (χ1) is 13.1. The molecule has 2 aliphatic rings. The molecule has 2 fully saturated rings. The van der Waals surface area contributed by atoms with Crippen LogP contribution in [0.5, 0.6) is 11.5 Å². The molecule has 1 saturated heterocycles. The zero-order valence-electron chi connectivity index (χ0n) is 17.5. The molecule has 3 rings (SSSR count). The lowest BCUT2D eigenvalue weighted by Gasteiger charge is -2.19. The Kier molecular flexibility index (Phi) is 9.14. The predicted molar refractivity (Wildman–Crippen MR) is 125 cm³/mol. The Morgan fingerprint density at radius 3 is 2.50 bits per heavy atom. The minimum absolute atomic E-state index is 0. The van der Waals surface area contributed by atoms with Crippen molar-refractivity contribution >= 4 is 29.9 Å². The average Bonchev–Trinajstić information content (AvgIpc) is 3.26. The topological polar surface area (TPSA) is 58.1 Å². The van der Waals surface area contributed by atoms with Gasteiger partial charge in [-0.25, -0.2) is 0 Å². The second kappa shape index (κ2) is 11.1. The van der Waals surface area contributed by atoms with Crippen LogP contribution in [0, 0.1) is 5.92 Å². The number of aliphatic imine (C=N–C) groups is 1. The van der Waals surface area contributed by atoms with Gasteiger partial charge in [-0.05, 0) is 42.9 Å². The van der Waals surface area contributed by atoms with Crippen molar-refractivity contribution in [2.45, 2.75) is 51.2 Å². The maximum absolute atomic E-state index is 5.38. The number of nitrogens with zero attached hydrogens (tertiary/aromatic N) is 2. The Morgan fingerprint density at radius 1 is 1.18 bits per heavy atom. The lowest BCUT2D eigenvalue weighted by atomic mass is 10.2. The summed E-state index contributed by atoms with van der Waals surface area (Å²) >= 11 is 0. The zero-order valence-corrected chi connectivity index (χ0v) is 19.9. The molecule has 0 aromatic heterocycles. The number of benzene rings is 1. The SMILES string of the molecule is CCCC1CC1NC(=NC)NC1CCN(Cc2cc(OC)cc(OC)c2)C1.I. The van der Waals surface area contributed by atoms with Crippen LogP contribution in [-0.2, 0) is 6.54 Å². The van der Waals surface area contributed by atoms with Gasteiger partial charge in [0, 0.05) is 44.8 Å². The number of methoxy groups -OCH3 is 2. The van der Waals surface area contributed by atoms with Gasteiger partial charge in [-0.3, -0.25) is 9.89 Å². The number of guanidine groups is 1. The molecule has 1 aromatic rings. The van der Waals surface area contributed by atoms with Crippen molar-refractivity contribution < 1.29 is 9.47 Å². The van der Waals surface area contributed by atoms with Crippen LogP contribution in [0.2, 0.25) is 0 Å². The molecule has 2 N–H and O–H groups in total. The van der Waals surface area contributed by atoms with Crippen LogP contribution < -0.4 is 20.1 Å². The van der Waals surface area contributed by atoms with Crippen molar-refractivity contribution in [3.63, 3.8) is 0 Å². The molecule has 0 bridgehead atoms. The Morgan fingerprint density at radius 2 is 1.89 bits per heavy atom. The molecular weight excluding hydrogens is 467 g/mol. The molecule has 158 valence electrons. The van der Waals surface area contributed by atoms with Gasteiger partial charge >= 0.3 is 0 Å². The van der Waals surface area contributed by atoms with Crippen molar-refractivity contribution in [1.82, 2.24) is 15.5 Å². The van der Waals surface area contributed by atoms with Crippen LogP contribution >= 0.6 is 24.0 Å². The van der Waals surface area contributed by atoms with Crippen LogP contribution in [-0.4, -0.2) is 57.3 Å². The molecule has 1 aliphatic heterocycles. The van der Waals surface area contributed by atoms with Crippen molar-refractivity contribution in [3.8, 4) is 11.5 Å². The largest absolute Gasteiger partial charge is 0.497 e. The first-order valence-corrected chi connectivity index (χ1v) is 10.1. The molecule has 7 heteroatoms. The third-order valence-electron chi connectivity index (χ3n) is 5.56. The monoisotopic (exact) mass is 502 g/mol. The third kappa shape index (κ3) is 6.40. The Balaban J connectivity index is 0.00000280. The molecule has 3 unspecified atom stereocenters. The summed E-state index contributed by atoms with van der Waals surface area (Å²) < 4.78 is 10.8. The van der Waals surface area contributed by atoms with Gasteiger partial charge in [0.15, 0.2) is 5.96 Å². The summed E-state index contributed by atoms with van der Waals surface area (Å²) in [6.07, 6.45) is 4.99. The summed E-state index contributed by atoms with van der Waals surface area (Å²) in [5, 5.41) is 7.19. The van der Waals surface area contributed by atoms with Gasteiger partial charge in [0.1, 0.15) is 11.5 Å². The Bertz CT molecular complexity index is 633. The number of halogens is 1. The number of hydrogen-bond acceptors (Lipinski definition) is 4. The zero-order chi connectivity index (χ0) is 19.2.